The minimum absolute atomic E-state index is 0.542. The number of hydrogen-bond donors (Lipinski definition) is 2. The van der Waals surface area contributed by atoms with Gasteiger partial charge in [0.2, 0.25) is 0 Å². The van der Waals surface area contributed by atoms with Crippen molar-refractivity contribution in [2.45, 2.75) is 12.0 Å². The molecule has 1 fully saturated rings. The van der Waals surface area contributed by atoms with Gasteiger partial charge in [0.25, 0.3) is 0 Å². The van der Waals surface area contributed by atoms with Crippen LogP contribution in [-0.2, 0) is 5.60 Å². The summed E-state index contributed by atoms with van der Waals surface area (Å²) in [6.45, 7) is 1.36. The molecule has 76 valence electrons. The Morgan fingerprint density at radius 1 is 1.64 bits per heavy atom. The standard InChI is InChI=1S/C10H14N2O2/c1-14-8-3-2-5-12-9(8)10(13)4-6-11-7-10/h2-3,5,11,13H,4,6-7H2,1H3. The Kier molecular flexibility index (Phi) is 2.39. The molecule has 4 nitrogen and oxygen atoms in total. The second-order valence-corrected chi connectivity index (χ2v) is 3.51. The highest BCUT2D eigenvalue weighted by Crippen LogP contribution is 2.32. The summed E-state index contributed by atoms with van der Waals surface area (Å²) in [5.74, 6) is 0.652. The first-order chi connectivity index (χ1) is 6.76. The Balaban J connectivity index is 2.39. The molecule has 2 N–H and O–H groups in total. The Morgan fingerprint density at radius 3 is 3.14 bits per heavy atom. The van der Waals surface area contributed by atoms with Gasteiger partial charge in [-0.2, -0.15) is 0 Å². The molecule has 2 heterocycles. The van der Waals surface area contributed by atoms with E-state index in [2.05, 4.69) is 10.3 Å². The maximum absolute atomic E-state index is 10.3. The van der Waals surface area contributed by atoms with E-state index in [1.165, 1.54) is 0 Å². The monoisotopic (exact) mass is 194 g/mol. The minimum atomic E-state index is -0.868. The number of aromatic nitrogens is 1. The zero-order valence-electron chi connectivity index (χ0n) is 8.16. The van der Waals surface area contributed by atoms with Gasteiger partial charge in [-0.1, -0.05) is 0 Å². The van der Waals surface area contributed by atoms with Crippen LogP contribution in [-0.4, -0.2) is 30.3 Å². The topological polar surface area (TPSA) is 54.4 Å². The van der Waals surface area contributed by atoms with Gasteiger partial charge in [0.15, 0.2) is 0 Å². The Labute approximate surface area is 82.9 Å². The number of β-amino-alcohol motifs (C(OH)–C–C–N with tert-alkyl or cyclic N) is 1. The predicted molar refractivity (Wildman–Crippen MR) is 52.2 cm³/mol. The molecule has 1 aliphatic heterocycles. The lowest BCUT2D eigenvalue weighted by molar-refractivity contribution is 0.0513. The highest BCUT2D eigenvalue weighted by atomic mass is 16.5. The molecule has 0 radical (unpaired) electrons. The number of aliphatic hydroxyl groups is 1. The van der Waals surface area contributed by atoms with Crippen LogP contribution in [0.3, 0.4) is 0 Å². The highest BCUT2D eigenvalue weighted by molar-refractivity contribution is 5.32. The van der Waals surface area contributed by atoms with E-state index in [9.17, 15) is 5.11 Å². The van der Waals surface area contributed by atoms with Crippen LogP contribution >= 0.6 is 0 Å². The molecule has 1 saturated heterocycles. The second kappa shape index (κ2) is 3.55. The summed E-state index contributed by atoms with van der Waals surface area (Å²) in [6, 6.07) is 3.62. The second-order valence-electron chi connectivity index (χ2n) is 3.51. The lowest BCUT2D eigenvalue weighted by Crippen LogP contribution is -2.30. The Morgan fingerprint density at radius 2 is 2.50 bits per heavy atom. The molecule has 0 spiro atoms. The molecule has 1 unspecified atom stereocenters. The molecule has 1 atom stereocenters. The van der Waals surface area contributed by atoms with Crippen molar-refractivity contribution in [3.05, 3.63) is 24.0 Å². The number of methoxy groups -OCH3 is 1. The fourth-order valence-corrected chi connectivity index (χ4v) is 1.79. The number of nitrogens with zero attached hydrogens (tertiary/aromatic N) is 1. The van der Waals surface area contributed by atoms with E-state index < -0.39 is 5.60 Å². The molecule has 0 saturated carbocycles. The predicted octanol–water partition coefficient (Wildman–Crippen LogP) is 0.271. The average molecular weight is 194 g/mol. The smallest absolute Gasteiger partial charge is 0.143 e. The molecule has 1 aromatic heterocycles. The maximum Gasteiger partial charge on any atom is 0.143 e. The summed E-state index contributed by atoms with van der Waals surface area (Å²) in [5, 5.41) is 13.4. The fourth-order valence-electron chi connectivity index (χ4n) is 1.79. The van der Waals surface area contributed by atoms with E-state index >= 15 is 0 Å². The van der Waals surface area contributed by atoms with Gasteiger partial charge in [-0.3, -0.25) is 4.98 Å². The molecule has 0 amide bonds. The average Bonchev–Trinajstić information content (AvgIpc) is 2.66. The van der Waals surface area contributed by atoms with Gasteiger partial charge in [0.05, 0.1) is 7.11 Å². The van der Waals surface area contributed by atoms with Gasteiger partial charge in [-0.15, -0.1) is 0 Å². The number of pyridine rings is 1. The van der Waals surface area contributed by atoms with Crippen LogP contribution in [0.15, 0.2) is 18.3 Å². The maximum atomic E-state index is 10.3. The largest absolute Gasteiger partial charge is 0.495 e. The van der Waals surface area contributed by atoms with Crippen LogP contribution in [0.1, 0.15) is 12.1 Å². The molecule has 0 aromatic carbocycles. The van der Waals surface area contributed by atoms with E-state index in [-0.39, 0.29) is 0 Å². The lowest BCUT2D eigenvalue weighted by Gasteiger charge is -2.22. The number of ether oxygens (including phenoxy) is 1. The van der Waals surface area contributed by atoms with Crippen molar-refractivity contribution in [3.8, 4) is 5.75 Å². The van der Waals surface area contributed by atoms with Crippen molar-refractivity contribution >= 4 is 0 Å². The van der Waals surface area contributed by atoms with Gasteiger partial charge >= 0.3 is 0 Å². The summed E-state index contributed by atoms with van der Waals surface area (Å²) in [5.41, 5.74) is -0.237. The van der Waals surface area contributed by atoms with Crippen LogP contribution in [0.25, 0.3) is 0 Å². The molecular formula is C10H14N2O2. The quantitative estimate of drug-likeness (QED) is 0.709. The van der Waals surface area contributed by atoms with Crippen LogP contribution < -0.4 is 10.1 Å². The molecule has 1 aromatic rings. The number of nitrogens with one attached hydrogen (secondary N) is 1. The first-order valence-corrected chi connectivity index (χ1v) is 4.69. The molecule has 2 rings (SSSR count). The van der Waals surface area contributed by atoms with Gasteiger partial charge < -0.3 is 15.2 Å². The summed E-state index contributed by atoms with van der Waals surface area (Å²) in [6.07, 6.45) is 2.36. The summed E-state index contributed by atoms with van der Waals surface area (Å²) >= 11 is 0. The van der Waals surface area contributed by atoms with Gasteiger partial charge in [-0.25, -0.2) is 0 Å². The van der Waals surface area contributed by atoms with E-state index in [0.29, 0.717) is 24.4 Å². The molecule has 0 aliphatic carbocycles. The summed E-state index contributed by atoms with van der Waals surface area (Å²) in [7, 11) is 1.59. The zero-order chi connectivity index (χ0) is 10.0. The molecular weight excluding hydrogens is 180 g/mol. The third kappa shape index (κ3) is 1.47. The number of rotatable bonds is 2. The van der Waals surface area contributed by atoms with E-state index in [0.717, 1.165) is 6.54 Å². The molecule has 0 bridgehead atoms. The minimum Gasteiger partial charge on any atom is -0.495 e. The van der Waals surface area contributed by atoms with Crippen molar-refractivity contribution in [1.29, 1.82) is 0 Å². The van der Waals surface area contributed by atoms with Crippen LogP contribution in [0.4, 0.5) is 0 Å². The molecule has 14 heavy (non-hydrogen) atoms. The first kappa shape index (κ1) is 9.43. The SMILES string of the molecule is COc1cccnc1C1(O)CCNC1. The zero-order valence-corrected chi connectivity index (χ0v) is 8.16. The van der Waals surface area contributed by atoms with Crippen LogP contribution in [0.2, 0.25) is 0 Å². The van der Waals surface area contributed by atoms with E-state index in [1.54, 1.807) is 19.4 Å². The third-order valence-corrected chi connectivity index (χ3v) is 2.56. The lowest BCUT2D eigenvalue weighted by atomic mass is 9.97. The van der Waals surface area contributed by atoms with E-state index in [1.807, 2.05) is 6.07 Å². The Bertz CT molecular complexity index is 322. The molecule has 4 heteroatoms. The normalized spacial score (nSPS) is 26.4. The summed E-state index contributed by atoms with van der Waals surface area (Å²) < 4.78 is 5.17. The fraction of sp³-hybridized carbons (Fsp3) is 0.500. The van der Waals surface area contributed by atoms with Crippen molar-refractivity contribution in [1.82, 2.24) is 10.3 Å². The van der Waals surface area contributed by atoms with Crippen LogP contribution in [0, 0.1) is 0 Å². The molecule has 1 aliphatic rings. The Hall–Kier alpha value is -1.13. The van der Waals surface area contributed by atoms with Crippen molar-refractivity contribution in [3.63, 3.8) is 0 Å². The third-order valence-electron chi connectivity index (χ3n) is 2.56. The van der Waals surface area contributed by atoms with Gasteiger partial charge in [-0.05, 0) is 25.1 Å². The van der Waals surface area contributed by atoms with Gasteiger partial charge in [0, 0.05) is 12.7 Å². The summed E-state index contributed by atoms with van der Waals surface area (Å²) in [4.78, 5) is 4.19. The number of hydrogen-bond acceptors (Lipinski definition) is 4. The van der Waals surface area contributed by atoms with Gasteiger partial charge in [0.1, 0.15) is 17.0 Å². The first-order valence-electron chi connectivity index (χ1n) is 4.69. The highest BCUT2D eigenvalue weighted by Gasteiger charge is 2.36. The van der Waals surface area contributed by atoms with E-state index in [4.69, 9.17) is 4.74 Å². The van der Waals surface area contributed by atoms with Crippen molar-refractivity contribution in [2.75, 3.05) is 20.2 Å². The van der Waals surface area contributed by atoms with Crippen LogP contribution in [0.5, 0.6) is 5.75 Å². The van der Waals surface area contributed by atoms with Crippen molar-refractivity contribution < 1.29 is 9.84 Å². The van der Waals surface area contributed by atoms with Crippen molar-refractivity contribution in [2.24, 2.45) is 0 Å².